The summed E-state index contributed by atoms with van der Waals surface area (Å²) >= 11 is 2.12. The lowest BCUT2D eigenvalue weighted by Gasteiger charge is -2.17. The number of rotatable bonds is 6. The number of halogens is 1. The molecule has 0 radical (unpaired) electrons. The van der Waals surface area contributed by atoms with E-state index in [1.54, 1.807) is 12.1 Å². The zero-order chi connectivity index (χ0) is 14.6. The number of aliphatic carboxylic acids is 1. The molecule has 8 heteroatoms. The summed E-state index contributed by atoms with van der Waals surface area (Å²) in [6, 6.07) is 5.20. The van der Waals surface area contributed by atoms with E-state index in [1.807, 2.05) is 13.0 Å². The summed E-state index contributed by atoms with van der Waals surface area (Å²) in [5.41, 5.74) is 1.51. The largest absolute Gasteiger partial charge is 0.481 e. The Morgan fingerprint density at radius 2 is 2.11 bits per heavy atom. The molecule has 19 heavy (non-hydrogen) atoms. The Balaban J connectivity index is 2.78. The van der Waals surface area contributed by atoms with Gasteiger partial charge in [0.2, 0.25) is 0 Å². The topological polar surface area (TPSA) is 86.7 Å². The Labute approximate surface area is 126 Å². The highest BCUT2D eigenvalue weighted by atomic mass is 127. The molecule has 0 saturated heterocycles. The van der Waals surface area contributed by atoms with Gasteiger partial charge < -0.3 is 5.11 Å². The zero-order valence-corrected chi connectivity index (χ0v) is 13.5. The fourth-order valence-electron chi connectivity index (χ4n) is 1.26. The average molecular weight is 398 g/mol. The molecule has 0 unspecified atom stereocenters. The van der Waals surface area contributed by atoms with Crippen molar-refractivity contribution in [3.63, 3.8) is 0 Å². The van der Waals surface area contributed by atoms with Gasteiger partial charge in [0.1, 0.15) is 0 Å². The Hall–Kier alpha value is -0.870. The van der Waals surface area contributed by atoms with Gasteiger partial charge in [-0.1, -0.05) is 6.07 Å². The zero-order valence-electron chi connectivity index (χ0n) is 10.6. The van der Waals surface area contributed by atoms with Crippen LogP contribution in [0.2, 0.25) is 0 Å². The molecule has 0 amide bonds. The minimum Gasteiger partial charge on any atom is -0.481 e. The highest BCUT2D eigenvalue weighted by Gasteiger charge is 2.18. The third-order valence-corrected chi connectivity index (χ3v) is 5.13. The standard InChI is InChI=1S/C11H15IN2O4S/c1-8-3-4-9(7-10(8)12)13-19(17,18)14(2)6-5-11(15)16/h3-4,7,13H,5-6H2,1-2H3,(H,15,16). The van der Waals surface area contributed by atoms with Crippen LogP contribution in [0.15, 0.2) is 18.2 Å². The van der Waals surface area contributed by atoms with Gasteiger partial charge in [0.05, 0.1) is 12.1 Å². The van der Waals surface area contributed by atoms with E-state index in [-0.39, 0.29) is 13.0 Å². The number of nitrogens with zero attached hydrogens (tertiary/aromatic N) is 1. The molecule has 1 aromatic carbocycles. The van der Waals surface area contributed by atoms with Crippen molar-refractivity contribution in [3.05, 3.63) is 27.3 Å². The number of benzene rings is 1. The number of anilines is 1. The summed E-state index contributed by atoms with van der Waals surface area (Å²) in [7, 11) is -2.38. The highest BCUT2D eigenvalue weighted by molar-refractivity contribution is 14.1. The molecule has 0 aliphatic carbocycles. The van der Waals surface area contributed by atoms with Gasteiger partial charge >= 0.3 is 16.2 Å². The Kier molecular flexibility index (Phi) is 5.56. The molecule has 0 aliphatic rings. The Morgan fingerprint density at radius 1 is 1.47 bits per heavy atom. The van der Waals surface area contributed by atoms with Crippen LogP contribution < -0.4 is 4.72 Å². The fourth-order valence-corrected chi connectivity index (χ4v) is 2.68. The SMILES string of the molecule is Cc1ccc(NS(=O)(=O)N(C)CCC(=O)O)cc1I. The lowest BCUT2D eigenvalue weighted by atomic mass is 10.2. The van der Waals surface area contributed by atoms with Crippen molar-refractivity contribution in [2.45, 2.75) is 13.3 Å². The molecular formula is C11H15IN2O4S. The van der Waals surface area contributed by atoms with Gasteiger partial charge in [-0.3, -0.25) is 9.52 Å². The van der Waals surface area contributed by atoms with E-state index in [4.69, 9.17) is 5.11 Å². The molecule has 0 aliphatic heterocycles. The first kappa shape index (κ1) is 16.2. The predicted molar refractivity (Wildman–Crippen MR) is 81.3 cm³/mol. The van der Waals surface area contributed by atoms with Crippen molar-refractivity contribution in [1.29, 1.82) is 0 Å². The van der Waals surface area contributed by atoms with Crippen LogP contribution in [0.25, 0.3) is 0 Å². The van der Waals surface area contributed by atoms with E-state index in [1.165, 1.54) is 7.05 Å². The van der Waals surface area contributed by atoms with Crippen molar-refractivity contribution < 1.29 is 18.3 Å². The average Bonchev–Trinajstić information content (AvgIpc) is 2.30. The molecule has 0 heterocycles. The maximum atomic E-state index is 11.9. The molecule has 0 aromatic heterocycles. The molecule has 6 nitrogen and oxygen atoms in total. The first-order chi connectivity index (χ1) is 8.72. The van der Waals surface area contributed by atoms with Crippen LogP contribution in [-0.4, -0.2) is 37.4 Å². The molecule has 0 saturated carbocycles. The second-order valence-electron chi connectivity index (χ2n) is 4.04. The van der Waals surface area contributed by atoms with Crippen molar-refractivity contribution >= 4 is 44.5 Å². The summed E-state index contributed by atoms with van der Waals surface area (Å²) in [4.78, 5) is 10.4. The van der Waals surface area contributed by atoms with Gasteiger partial charge in [-0.25, -0.2) is 0 Å². The molecule has 0 atom stereocenters. The minimum atomic E-state index is -3.72. The van der Waals surface area contributed by atoms with Crippen molar-refractivity contribution in [1.82, 2.24) is 4.31 Å². The number of hydrogen-bond donors (Lipinski definition) is 2. The maximum Gasteiger partial charge on any atom is 0.304 e. The van der Waals surface area contributed by atoms with Crippen LogP contribution in [0.3, 0.4) is 0 Å². The third kappa shape index (κ3) is 4.96. The van der Waals surface area contributed by atoms with E-state index < -0.39 is 16.2 Å². The van der Waals surface area contributed by atoms with Gasteiger partial charge in [-0.05, 0) is 47.2 Å². The predicted octanol–water partition coefficient (Wildman–Crippen LogP) is 1.66. The second kappa shape index (κ2) is 6.53. The Bertz CT molecular complexity index is 574. The molecule has 0 spiro atoms. The van der Waals surface area contributed by atoms with Gasteiger partial charge in [0.25, 0.3) is 0 Å². The smallest absolute Gasteiger partial charge is 0.304 e. The molecular weight excluding hydrogens is 383 g/mol. The highest BCUT2D eigenvalue weighted by Crippen LogP contribution is 2.18. The first-order valence-electron chi connectivity index (χ1n) is 5.44. The van der Waals surface area contributed by atoms with Gasteiger partial charge in [-0.15, -0.1) is 0 Å². The van der Waals surface area contributed by atoms with Gasteiger partial charge in [0.15, 0.2) is 0 Å². The fraction of sp³-hybridized carbons (Fsp3) is 0.364. The van der Waals surface area contributed by atoms with E-state index >= 15 is 0 Å². The lowest BCUT2D eigenvalue weighted by molar-refractivity contribution is -0.137. The van der Waals surface area contributed by atoms with Crippen LogP contribution in [0.5, 0.6) is 0 Å². The lowest BCUT2D eigenvalue weighted by Crippen LogP contribution is -2.34. The number of aryl methyl sites for hydroxylation is 1. The van der Waals surface area contributed by atoms with Crippen LogP contribution in [0, 0.1) is 10.5 Å². The molecule has 1 aromatic rings. The molecule has 2 N–H and O–H groups in total. The monoisotopic (exact) mass is 398 g/mol. The quantitative estimate of drug-likeness (QED) is 0.714. The van der Waals surface area contributed by atoms with Crippen molar-refractivity contribution in [2.24, 2.45) is 0 Å². The van der Waals surface area contributed by atoms with E-state index in [0.717, 1.165) is 13.4 Å². The second-order valence-corrected chi connectivity index (χ2v) is 6.98. The van der Waals surface area contributed by atoms with E-state index in [0.29, 0.717) is 5.69 Å². The normalized spacial score (nSPS) is 11.6. The first-order valence-corrected chi connectivity index (χ1v) is 7.96. The van der Waals surface area contributed by atoms with Crippen LogP contribution in [0.1, 0.15) is 12.0 Å². The van der Waals surface area contributed by atoms with E-state index in [2.05, 4.69) is 27.3 Å². The van der Waals surface area contributed by atoms with Crippen molar-refractivity contribution in [3.8, 4) is 0 Å². The minimum absolute atomic E-state index is 0.0758. The summed E-state index contributed by atoms with van der Waals surface area (Å²) in [5, 5.41) is 8.54. The molecule has 0 fully saturated rings. The van der Waals surface area contributed by atoms with Gasteiger partial charge in [-0.2, -0.15) is 12.7 Å². The number of carboxylic acid groups (broad SMARTS) is 1. The summed E-state index contributed by atoms with van der Waals surface area (Å²) in [6.45, 7) is 1.85. The number of nitrogens with one attached hydrogen (secondary N) is 1. The number of hydrogen-bond acceptors (Lipinski definition) is 3. The number of carboxylic acids is 1. The Morgan fingerprint density at radius 3 is 2.63 bits per heavy atom. The van der Waals surface area contributed by atoms with Crippen LogP contribution in [0.4, 0.5) is 5.69 Å². The van der Waals surface area contributed by atoms with Crippen molar-refractivity contribution in [2.75, 3.05) is 18.3 Å². The summed E-state index contributed by atoms with van der Waals surface area (Å²) in [6.07, 6.45) is -0.233. The van der Waals surface area contributed by atoms with E-state index in [9.17, 15) is 13.2 Å². The summed E-state index contributed by atoms with van der Waals surface area (Å²) in [5.74, 6) is -1.04. The van der Waals surface area contributed by atoms with Crippen LogP contribution in [-0.2, 0) is 15.0 Å². The third-order valence-electron chi connectivity index (χ3n) is 2.47. The molecule has 1 rings (SSSR count). The van der Waals surface area contributed by atoms with Gasteiger partial charge in [0, 0.05) is 17.2 Å². The maximum absolute atomic E-state index is 11.9. The number of carbonyl (C=O) groups is 1. The van der Waals surface area contributed by atoms with Crippen LogP contribution >= 0.6 is 22.6 Å². The molecule has 0 bridgehead atoms. The summed E-state index contributed by atoms with van der Waals surface area (Å²) < 4.78 is 28.2. The molecule has 106 valence electrons.